The molecule has 130 valence electrons. The minimum atomic E-state index is -0.534. The average molecular weight is 359 g/mol. The lowest BCUT2D eigenvalue weighted by Crippen LogP contribution is -2.26. The molecule has 1 atom stereocenters. The standard InChI is InChI=1S/C17H17N3O4S/c1-12(25-14-6-4-3-5-7-14)17(21)19-18-11-13-8-9-16(24-2)15(10-13)20(22)23/h3-12H,1-2H3,(H,19,21)/b18-11-/t12-/m1/s1. The monoisotopic (exact) mass is 359 g/mol. The smallest absolute Gasteiger partial charge is 0.311 e. The zero-order valence-corrected chi connectivity index (χ0v) is 14.5. The second-order valence-electron chi connectivity index (χ2n) is 5.00. The van der Waals surface area contributed by atoms with Crippen molar-refractivity contribution in [1.29, 1.82) is 0 Å². The van der Waals surface area contributed by atoms with E-state index in [0.29, 0.717) is 5.56 Å². The van der Waals surface area contributed by atoms with Crippen molar-refractivity contribution < 1.29 is 14.5 Å². The molecule has 2 aromatic rings. The van der Waals surface area contributed by atoms with Crippen LogP contribution < -0.4 is 10.2 Å². The number of benzene rings is 2. The van der Waals surface area contributed by atoms with E-state index in [2.05, 4.69) is 10.5 Å². The van der Waals surface area contributed by atoms with E-state index in [1.165, 1.54) is 37.2 Å². The number of carbonyl (C=O) groups is 1. The van der Waals surface area contributed by atoms with Crippen molar-refractivity contribution >= 4 is 29.6 Å². The Kier molecular flexibility index (Phi) is 6.53. The van der Waals surface area contributed by atoms with Gasteiger partial charge in [-0.3, -0.25) is 14.9 Å². The Morgan fingerprint density at radius 3 is 2.68 bits per heavy atom. The third-order valence-electron chi connectivity index (χ3n) is 3.21. The quantitative estimate of drug-likeness (QED) is 0.354. The number of nitro benzene ring substituents is 1. The normalized spacial score (nSPS) is 11.9. The van der Waals surface area contributed by atoms with Crippen molar-refractivity contribution in [2.45, 2.75) is 17.1 Å². The first-order valence-electron chi connectivity index (χ1n) is 7.38. The lowest BCUT2D eigenvalue weighted by Gasteiger charge is -2.09. The van der Waals surface area contributed by atoms with E-state index < -0.39 is 4.92 Å². The Hall–Kier alpha value is -2.87. The van der Waals surface area contributed by atoms with Crippen molar-refractivity contribution in [3.05, 3.63) is 64.2 Å². The molecule has 0 fully saturated rings. The topological polar surface area (TPSA) is 93.8 Å². The summed E-state index contributed by atoms with van der Waals surface area (Å²) in [5.74, 6) is -0.0906. The van der Waals surface area contributed by atoms with E-state index >= 15 is 0 Å². The van der Waals surface area contributed by atoms with Gasteiger partial charge in [0.25, 0.3) is 5.91 Å². The van der Waals surface area contributed by atoms with Gasteiger partial charge >= 0.3 is 5.69 Å². The molecule has 8 heteroatoms. The van der Waals surface area contributed by atoms with Gasteiger partial charge in [0.1, 0.15) is 0 Å². The molecule has 0 heterocycles. The number of nitro groups is 1. The number of nitrogens with zero attached hydrogens (tertiary/aromatic N) is 2. The highest BCUT2D eigenvalue weighted by Gasteiger charge is 2.15. The van der Waals surface area contributed by atoms with Crippen LogP contribution in [0.3, 0.4) is 0 Å². The molecule has 0 aliphatic carbocycles. The molecule has 0 aliphatic rings. The van der Waals surface area contributed by atoms with Gasteiger partial charge in [-0.1, -0.05) is 18.2 Å². The second-order valence-corrected chi connectivity index (χ2v) is 6.41. The van der Waals surface area contributed by atoms with Crippen LogP contribution in [0.5, 0.6) is 5.75 Å². The minimum Gasteiger partial charge on any atom is -0.490 e. The maximum absolute atomic E-state index is 12.0. The van der Waals surface area contributed by atoms with Gasteiger partial charge in [-0.2, -0.15) is 5.10 Å². The fraction of sp³-hybridized carbons (Fsp3) is 0.176. The number of hydrogen-bond acceptors (Lipinski definition) is 6. The van der Waals surface area contributed by atoms with E-state index in [1.54, 1.807) is 13.0 Å². The summed E-state index contributed by atoms with van der Waals surface area (Å²) in [7, 11) is 1.36. The molecule has 25 heavy (non-hydrogen) atoms. The van der Waals surface area contributed by atoms with Gasteiger partial charge in [0.15, 0.2) is 5.75 Å². The molecule has 0 aromatic heterocycles. The van der Waals surface area contributed by atoms with Gasteiger partial charge in [0.2, 0.25) is 0 Å². The zero-order chi connectivity index (χ0) is 18.2. The van der Waals surface area contributed by atoms with Crippen LogP contribution in [-0.2, 0) is 4.79 Å². The van der Waals surface area contributed by atoms with Crippen molar-refractivity contribution in [1.82, 2.24) is 5.43 Å². The molecule has 0 saturated carbocycles. The highest BCUT2D eigenvalue weighted by atomic mass is 32.2. The van der Waals surface area contributed by atoms with Gasteiger partial charge < -0.3 is 4.74 Å². The third kappa shape index (κ3) is 5.32. The van der Waals surface area contributed by atoms with Gasteiger partial charge in [0.05, 0.1) is 23.5 Å². The van der Waals surface area contributed by atoms with E-state index in [4.69, 9.17) is 4.74 Å². The van der Waals surface area contributed by atoms with Crippen LogP contribution >= 0.6 is 11.8 Å². The number of amides is 1. The summed E-state index contributed by atoms with van der Waals surface area (Å²) >= 11 is 1.42. The molecular weight excluding hydrogens is 342 g/mol. The molecule has 7 nitrogen and oxygen atoms in total. The molecule has 0 saturated heterocycles. The molecular formula is C17H17N3O4S. The molecule has 2 aromatic carbocycles. The van der Waals surface area contributed by atoms with Crippen molar-refractivity contribution in [3.63, 3.8) is 0 Å². The summed E-state index contributed by atoms with van der Waals surface area (Å²) < 4.78 is 4.93. The number of ether oxygens (including phenoxy) is 1. The van der Waals surface area contributed by atoms with Crippen LogP contribution in [0.4, 0.5) is 5.69 Å². The predicted octanol–water partition coefficient (Wildman–Crippen LogP) is 3.23. The van der Waals surface area contributed by atoms with Crippen LogP contribution in [0.1, 0.15) is 12.5 Å². The van der Waals surface area contributed by atoms with Crippen molar-refractivity contribution in [2.75, 3.05) is 7.11 Å². The summed E-state index contributed by atoms with van der Waals surface area (Å²) in [5.41, 5.74) is 2.76. The van der Waals surface area contributed by atoms with Crippen LogP contribution in [0.15, 0.2) is 58.5 Å². The van der Waals surface area contributed by atoms with Crippen LogP contribution in [-0.4, -0.2) is 29.4 Å². The summed E-state index contributed by atoms with van der Waals surface area (Å²) in [5, 5.41) is 14.5. The summed E-state index contributed by atoms with van der Waals surface area (Å²) in [6.45, 7) is 1.78. The van der Waals surface area contributed by atoms with Crippen molar-refractivity contribution in [2.24, 2.45) is 5.10 Å². The van der Waals surface area contributed by atoms with E-state index in [1.807, 2.05) is 30.3 Å². The van der Waals surface area contributed by atoms with Crippen LogP contribution in [0, 0.1) is 10.1 Å². The zero-order valence-electron chi connectivity index (χ0n) is 13.7. The molecule has 2 rings (SSSR count). The Morgan fingerprint density at radius 2 is 2.04 bits per heavy atom. The summed E-state index contributed by atoms with van der Waals surface area (Å²) in [6, 6.07) is 14.0. The van der Waals surface area contributed by atoms with E-state index in [9.17, 15) is 14.9 Å². The molecule has 0 aliphatic heterocycles. The van der Waals surface area contributed by atoms with Crippen molar-refractivity contribution in [3.8, 4) is 5.75 Å². The minimum absolute atomic E-state index is 0.161. The van der Waals surface area contributed by atoms with Gasteiger partial charge in [-0.15, -0.1) is 11.8 Å². The van der Waals surface area contributed by atoms with Gasteiger partial charge in [0, 0.05) is 16.5 Å². The number of thioether (sulfide) groups is 1. The number of methoxy groups -OCH3 is 1. The third-order valence-corrected chi connectivity index (χ3v) is 4.33. The molecule has 0 spiro atoms. The largest absolute Gasteiger partial charge is 0.490 e. The first-order valence-corrected chi connectivity index (χ1v) is 8.26. The fourth-order valence-corrected chi connectivity index (χ4v) is 2.83. The first-order chi connectivity index (χ1) is 12.0. The highest BCUT2D eigenvalue weighted by Crippen LogP contribution is 2.27. The molecule has 0 unspecified atom stereocenters. The predicted molar refractivity (Wildman–Crippen MR) is 97.1 cm³/mol. The molecule has 0 radical (unpaired) electrons. The lowest BCUT2D eigenvalue weighted by atomic mass is 10.2. The number of nitrogens with one attached hydrogen (secondary N) is 1. The molecule has 1 N–H and O–H groups in total. The van der Waals surface area contributed by atoms with E-state index in [0.717, 1.165) is 4.90 Å². The number of carbonyl (C=O) groups excluding carboxylic acids is 1. The summed E-state index contributed by atoms with van der Waals surface area (Å²) in [6.07, 6.45) is 1.35. The lowest BCUT2D eigenvalue weighted by molar-refractivity contribution is -0.385. The maximum Gasteiger partial charge on any atom is 0.311 e. The number of rotatable bonds is 7. The summed E-state index contributed by atoms with van der Waals surface area (Å²) in [4.78, 5) is 23.5. The SMILES string of the molecule is COc1ccc(/C=N\NC(=O)[C@@H](C)Sc2ccccc2)cc1[N+](=O)[O-]. The first kappa shape index (κ1) is 18.5. The fourth-order valence-electron chi connectivity index (χ4n) is 1.95. The number of hydrogen-bond donors (Lipinski definition) is 1. The van der Waals surface area contributed by atoms with Crippen LogP contribution in [0.25, 0.3) is 0 Å². The highest BCUT2D eigenvalue weighted by molar-refractivity contribution is 8.00. The second kappa shape index (κ2) is 8.84. The van der Waals surface area contributed by atoms with E-state index in [-0.39, 0.29) is 22.6 Å². The maximum atomic E-state index is 12.0. The molecule has 0 bridgehead atoms. The van der Waals surface area contributed by atoms with Crippen LogP contribution in [0.2, 0.25) is 0 Å². The number of hydrazone groups is 1. The Balaban J connectivity index is 1.97. The Morgan fingerprint density at radius 1 is 1.32 bits per heavy atom. The van der Waals surface area contributed by atoms with Gasteiger partial charge in [-0.25, -0.2) is 5.43 Å². The molecule has 1 amide bonds. The van der Waals surface area contributed by atoms with Gasteiger partial charge in [-0.05, 0) is 31.2 Å². The average Bonchev–Trinajstić information content (AvgIpc) is 2.62. The Bertz CT molecular complexity index is 781. The Labute approximate surface area is 149 Å².